The lowest BCUT2D eigenvalue weighted by atomic mass is 9.80. The molecule has 0 fully saturated rings. The number of hydrogen-bond donors (Lipinski definition) is 0. The second-order valence-corrected chi connectivity index (χ2v) is 15.4. The number of benzene rings is 12. The first-order valence-corrected chi connectivity index (χ1v) is 20.2. The molecule has 0 aliphatic rings. The van der Waals surface area contributed by atoms with E-state index >= 15 is 0 Å². The van der Waals surface area contributed by atoms with Crippen molar-refractivity contribution in [2.45, 2.75) is 0 Å². The normalized spacial score (nSPS) is 11.8. The zero-order chi connectivity index (χ0) is 38.2. The molecule has 0 heteroatoms. The highest BCUT2D eigenvalue weighted by atomic mass is 14.3. The number of fused-ring (bicyclic) bond motifs is 10. The first kappa shape index (κ1) is 32.7. The zero-order valence-corrected chi connectivity index (χ0v) is 31.8. The van der Waals surface area contributed by atoms with Gasteiger partial charge >= 0.3 is 0 Å². The molecule has 0 N–H and O–H groups in total. The fourth-order valence-electron chi connectivity index (χ4n) is 10.0. The Labute approximate surface area is 336 Å². The van der Waals surface area contributed by atoms with Crippen molar-refractivity contribution < 1.29 is 0 Å². The van der Waals surface area contributed by atoms with Crippen LogP contribution in [0.2, 0.25) is 0 Å². The molecule has 12 aromatic carbocycles. The van der Waals surface area contributed by atoms with E-state index in [9.17, 15) is 0 Å². The first-order chi connectivity index (χ1) is 28.8. The molecule has 0 unspecified atom stereocenters. The Balaban J connectivity index is 1.19. The molecule has 0 bridgehead atoms. The van der Waals surface area contributed by atoms with Gasteiger partial charge in [0.1, 0.15) is 0 Å². The molecule has 0 aliphatic heterocycles. The van der Waals surface area contributed by atoms with Gasteiger partial charge < -0.3 is 0 Å². The van der Waals surface area contributed by atoms with Gasteiger partial charge in [-0.2, -0.15) is 0 Å². The molecule has 0 spiro atoms. The monoisotopic (exact) mass is 732 g/mol. The Hall–Kier alpha value is -7.54. The Bertz CT molecular complexity index is 3460. The molecule has 0 nitrogen and oxygen atoms in total. The molecule has 0 radical (unpaired) electrons. The molecule has 0 heterocycles. The third-order valence-electron chi connectivity index (χ3n) is 12.4. The Morgan fingerprint density at radius 2 is 0.466 bits per heavy atom. The number of hydrogen-bond acceptors (Lipinski definition) is 0. The van der Waals surface area contributed by atoms with E-state index in [4.69, 9.17) is 0 Å². The van der Waals surface area contributed by atoms with Crippen molar-refractivity contribution in [1.29, 1.82) is 0 Å². The Kier molecular flexibility index (Phi) is 7.33. The topological polar surface area (TPSA) is 0 Å². The summed E-state index contributed by atoms with van der Waals surface area (Å²) in [5.41, 5.74) is 10.0. The summed E-state index contributed by atoms with van der Waals surface area (Å²) in [6.45, 7) is 0. The van der Waals surface area contributed by atoms with E-state index in [1.54, 1.807) is 0 Å². The van der Waals surface area contributed by atoms with Crippen LogP contribution in [-0.2, 0) is 0 Å². The maximum absolute atomic E-state index is 2.45. The van der Waals surface area contributed by atoms with Crippen LogP contribution >= 0.6 is 0 Å². The van der Waals surface area contributed by atoms with E-state index in [1.165, 1.54) is 120 Å². The third-order valence-corrected chi connectivity index (χ3v) is 12.4. The van der Waals surface area contributed by atoms with Gasteiger partial charge in [-0.3, -0.25) is 0 Å². The van der Waals surface area contributed by atoms with E-state index in [2.05, 4.69) is 218 Å². The minimum absolute atomic E-state index is 1.22. The van der Waals surface area contributed by atoms with Crippen molar-refractivity contribution in [1.82, 2.24) is 0 Å². The summed E-state index contributed by atoms with van der Waals surface area (Å²) >= 11 is 0. The van der Waals surface area contributed by atoms with Crippen LogP contribution in [0.15, 0.2) is 218 Å². The summed E-state index contributed by atoms with van der Waals surface area (Å²) in [5, 5.41) is 17.8. The van der Waals surface area contributed by atoms with Crippen molar-refractivity contribution in [3.63, 3.8) is 0 Å². The second kappa shape index (κ2) is 13.0. The van der Waals surface area contributed by atoms with Gasteiger partial charge in [0.2, 0.25) is 0 Å². The van der Waals surface area contributed by atoms with E-state index in [1.807, 2.05) is 0 Å². The standard InChI is InChI=1S/C58H36/c1-2-18-37(19-3-1)39-20-4-9-25-45(39)56-48-28-12-16-32-52(48)58(53-33-17-13-29-49(53)56)57-50-30-14-10-26-46(50)55(47-27-11-15-31-51(47)57)38-34-35-44-42-23-6-5-21-40(42)41-22-7-8-24-43(41)54(44)36-38/h1-36H. The zero-order valence-electron chi connectivity index (χ0n) is 31.8. The maximum Gasteiger partial charge on any atom is -0.00139 e. The highest BCUT2D eigenvalue weighted by Gasteiger charge is 2.23. The lowest BCUT2D eigenvalue weighted by molar-refractivity contribution is 1.61. The number of rotatable bonds is 4. The van der Waals surface area contributed by atoms with Crippen LogP contribution in [0.1, 0.15) is 0 Å². The predicted octanol–water partition coefficient (Wildman–Crippen LogP) is 16.4. The summed E-state index contributed by atoms with van der Waals surface area (Å²) in [6.07, 6.45) is 0. The van der Waals surface area contributed by atoms with E-state index in [-0.39, 0.29) is 0 Å². The van der Waals surface area contributed by atoms with Crippen LogP contribution in [0.3, 0.4) is 0 Å². The first-order valence-electron chi connectivity index (χ1n) is 20.2. The third kappa shape index (κ3) is 4.82. The molecule has 12 rings (SSSR count). The maximum atomic E-state index is 2.45. The summed E-state index contributed by atoms with van der Waals surface area (Å²) in [7, 11) is 0. The van der Waals surface area contributed by atoms with Crippen LogP contribution in [0.25, 0.3) is 120 Å². The Morgan fingerprint density at radius 1 is 0.155 bits per heavy atom. The summed E-state index contributed by atoms with van der Waals surface area (Å²) in [6, 6.07) is 80.8. The van der Waals surface area contributed by atoms with Crippen LogP contribution in [0.5, 0.6) is 0 Å². The average molecular weight is 733 g/mol. The molecule has 0 amide bonds. The van der Waals surface area contributed by atoms with Crippen LogP contribution in [0.4, 0.5) is 0 Å². The molecule has 0 saturated heterocycles. The van der Waals surface area contributed by atoms with Gasteiger partial charge in [-0.15, -0.1) is 0 Å². The second-order valence-electron chi connectivity index (χ2n) is 15.4. The van der Waals surface area contributed by atoms with Crippen LogP contribution < -0.4 is 0 Å². The van der Waals surface area contributed by atoms with Gasteiger partial charge in [0.25, 0.3) is 0 Å². The molecular formula is C58H36. The molecule has 58 heavy (non-hydrogen) atoms. The van der Waals surface area contributed by atoms with Crippen LogP contribution in [0, 0.1) is 0 Å². The quantitative estimate of drug-likeness (QED) is 0.125. The van der Waals surface area contributed by atoms with Gasteiger partial charge in [-0.05, 0) is 126 Å². The minimum atomic E-state index is 1.22. The largest absolute Gasteiger partial charge is 0.0622 e. The lowest BCUT2D eigenvalue weighted by Crippen LogP contribution is -1.95. The van der Waals surface area contributed by atoms with E-state index in [0.29, 0.717) is 0 Å². The van der Waals surface area contributed by atoms with Crippen molar-refractivity contribution in [2.24, 2.45) is 0 Å². The summed E-state index contributed by atoms with van der Waals surface area (Å²) in [4.78, 5) is 0. The summed E-state index contributed by atoms with van der Waals surface area (Å²) in [5.74, 6) is 0. The predicted molar refractivity (Wildman–Crippen MR) is 251 cm³/mol. The molecule has 0 aliphatic carbocycles. The van der Waals surface area contributed by atoms with Crippen molar-refractivity contribution in [3.8, 4) is 44.5 Å². The van der Waals surface area contributed by atoms with Crippen molar-refractivity contribution >= 4 is 75.4 Å². The fraction of sp³-hybridized carbons (Fsp3) is 0. The van der Waals surface area contributed by atoms with Crippen molar-refractivity contribution in [2.75, 3.05) is 0 Å². The average Bonchev–Trinajstić information content (AvgIpc) is 3.30. The molecule has 0 saturated carbocycles. The summed E-state index contributed by atoms with van der Waals surface area (Å²) < 4.78 is 0. The molecule has 0 atom stereocenters. The van der Waals surface area contributed by atoms with Gasteiger partial charge in [0.15, 0.2) is 0 Å². The van der Waals surface area contributed by atoms with Gasteiger partial charge in [0, 0.05) is 0 Å². The molecule has 0 aromatic heterocycles. The van der Waals surface area contributed by atoms with Crippen LogP contribution in [-0.4, -0.2) is 0 Å². The smallest absolute Gasteiger partial charge is 0.00139 e. The van der Waals surface area contributed by atoms with Crippen molar-refractivity contribution in [3.05, 3.63) is 218 Å². The minimum Gasteiger partial charge on any atom is -0.0622 e. The van der Waals surface area contributed by atoms with Gasteiger partial charge in [-0.25, -0.2) is 0 Å². The van der Waals surface area contributed by atoms with Gasteiger partial charge in [0.05, 0.1) is 0 Å². The van der Waals surface area contributed by atoms with Gasteiger partial charge in [-0.1, -0.05) is 212 Å². The molecule has 12 aromatic rings. The fourth-order valence-corrected chi connectivity index (χ4v) is 10.0. The molecule has 268 valence electrons. The van der Waals surface area contributed by atoms with E-state index < -0.39 is 0 Å². The lowest BCUT2D eigenvalue weighted by Gasteiger charge is -2.23. The van der Waals surface area contributed by atoms with E-state index in [0.717, 1.165) is 0 Å². The Morgan fingerprint density at radius 3 is 0.914 bits per heavy atom. The molecular weight excluding hydrogens is 697 g/mol. The highest BCUT2D eigenvalue weighted by molar-refractivity contribution is 6.31. The SMILES string of the molecule is c1ccc(-c2ccccc2-c2c3ccccc3c(-c3c4ccccc4c(-c4ccc5c6ccccc6c6ccccc6c5c4)c4ccccc34)c3ccccc23)cc1. The highest BCUT2D eigenvalue weighted by Crippen LogP contribution is 2.51.